The highest BCUT2D eigenvalue weighted by atomic mass is 28.4. The minimum atomic E-state index is -4.41. The smallest absolute Gasteiger partial charge is 0.394 e. The monoisotopic (exact) mass is 1430 g/mol. The lowest BCUT2D eigenvalue weighted by Gasteiger charge is -2.41. The van der Waals surface area contributed by atoms with Crippen molar-refractivity contribution in [2.45, 2.75) is 423 Å². The summed E-state index contributed by atoms with van der Waals surface area (Å²) in [5.41, 5.74) is -5.09. The average molecular weight is 1430 g/mol. The summed E-state index contributed by atoms with van der Waals surface area (Å²) in [6.07, 6.45) is 63.1. The van der Waals surface area contributed by atoms with Gasteiger partial charge in [0, 0.05) is 31.7 Å². The van der Waals surface area contributed by atoms with Gasteiger partial charge in [-0.3, -0.25) is 14.4 Å². The van der Waals surface area contributed by atoms with Crippen LogP contribution < -0.4 is 16.0 Å². The zero-order valence-electron chi connectivity index (χ0n) is 66.1. The molecule has 99 heavy (non-hydrogen) atoms. The Balaban J connectivity index is 7.24. The number of carbonyl (C=O) groups excluding carboxylic acids is 3. The summed E-state index contributed by atoms with van der Waals surface area (Å²) in [6.45, 7) is 8.33. The zero-order chi connectivity index (χ0) is 73.0. The summed E-state index contributed by atoms with van der Waals surface area (Å²) in [7, 11) is -2.08. The van der Waals surface area contributed by atoms with Crippen LogP contribution in [0.25, 0.3) is 0 Å². The second-order valence-electron chi connectivity index (χ2n) is 31.1. The van der Waals surface area contributed by atoms with E-state index >= 15 is 0 Å². The number of rotatable bonds is 80. The molecule has 0 saturated carbocycles. The first kappa shape index (κ1) is 97.2. The number of nitrogens with zero attached hydrogens (tertiary/aromatic N) is 1. The molecule has 0 aromatic rings. The highest BCUT2D eigenvalue weighted by molar-refractivity contribution is 6.60. The Morgan fingerprint density at radius 1 is 0.273 bits per heavy atom. The lowest BCUT2D eigenvalue weighted by molar-refractivity contribution is -0.910. The lowest BCUT2D eigenvalue weighted by Crippen LogP contribution is -2.65. The van der Waals surface area contributed by atoms with Gasteiger partial charge in [0.15, 0.2) is 0 Å². The Kier molecular flexibility index (Phi) is 66.8. The van der Waals surface area contributed by atoms with Gasteiger partial charge in [0.1, 0.15) is 16.6 Å². The van der Waals surface area contributed by atoms with Crippen molar-refractivity contribution in [1.82, 2.24) is 16.0 Å². The lowest BCUT2D eigenvalue weighted by atomic mass is 10.0. The minimum absolute atomic E-state index is 0.134. The first-order valence-electron chi connectivity index (χ1n) is 42.5. The van der Waals surface area contributed by atoms with Crippen LogP contribution in [0.3, 0.4) is 0 Å². The molecule has 0 heterocycles. The molecule has 0 radical (unpaired) electrons. The van der Waals surface area contributed by atoms with Crippen molar-refractivity contribution in [3.05, 3.63) is 0 Å². The van der Waals surface area contributed by atoms with Crippen molar-refractivity contribution in [2.24, 2.45) is 0 Å². The van der Waals surface area contributed by atoms with E-state index in [1.165, 1.54) is 238 Å². The molecule has 0 aliphatic heterocycles. The first-order valence-corrected chi connectivity index (χ1v) is 44.4. The molecule has 0 aromatic heterocycles. The van der Waals surface area contributed by atoms with E-state index in [1.807, 2.05) is 0 Å². The second kappa shape index (κ2) is 68.1. The van der Waals surface area contributed by atoms with Crippen molar-refractivity contribution in [3.63, 3.8) is 0 Å². The largest absolute Gasteiger partial charge is 0.501 e. The van der Waals surface area contributed by atoms with Crippen LogP contribution in [0.2, 0.25) is 6.04 Å². The maximum Gasteiger partial charge on any atom is 0.501 e. The highest BCUT2D eigenvalue weighted by Gasteiger charge is 2.49. The van der Waals surface area contributed by atoms with Crippen LogP contribution >= 0.6 is 0 Å². The fourth-order valence-corrected chi connectivity index (χ4v) is 16.5. The van der Waals surface area contributed by atoms with Crippen molar-refractivity contribution in [2.75, 3.05) is 86.1 Å². The Hall–Kier alpha value is -1.77. The van der Waals surface area contributed by atoms with E-state index in [4.69, 9.17) is 13.3 Å². The number of carbonyl (C=O) groups is 3. The molecule has 17 heteroatoms. The number of aliphatic hydroxyl groups excluding tert-OH is 6. The van der Waals surface area contributed by atoms with Crippen molar-refractivity contribution >= 4 is 26.5 Å². The highest BCUT2D eigenvalue weighted by Crippen LogP contribution is 2.28. The van der Waals surface area contributed by atoms with Gasteiger partial charge in [-0.05, 0) is 44.9 Å². The Bertz CT molecular complexity index is 1690. The number of amides is 3. The standard InChI is InChI=1S/C82H166N4O12Si/c1-7-12-17-22-27-32-35-36-39-42-47-52-57-63-79(95)85-82(72-91,73-92)76-98-99(96-74-80(68-87,69-88)83-77(93)61-55-50-45-40-37-33-28-23-18-13-8-2,97-75-81(70-89,71-90)84-78(94)62-56-51-46-41-38-34-29-24-19-14-9-3)67-60-66-86(6,64-58-53-48-43-30-25-20-15-10-4)65-59-54-49-44-31-26-21-16-11-5/h87-92H,7-76H2,1-6H3,(H2-,83,84,85,93,94,95)/p+1. The van der Waals surface area contributed by atoms with Gasteiger partial charge in [-0.1, -0.05) is 330 Å². The molecule has 9 N–H and O–H groups in total. The first-order chi connectivity index (χ1) is 48.2. The summed E-state index contributed by atoms with van der Waals surface area (Å²) < 4.78 is 21.8. The topological polar surface area (TPSA) is 236 Å². The number of quaternary nitrogens is 1. The van der Waals surface area contributed by atoms with Crippen LogP contribution in [0, 0.1) is 0 Å². The van der Waals surface area contributed by atoms with Gasteiger partial charge in [-0.2, -0.15) is 0 Å². The Labute approximate surface area is 611 Å². The van der Waals surface area contributed by atoms with Crippen LogP contribution in [-0.2, 0) is 27.7 Å². The fourth-order valence-electron chi connectivity index (χ4n) is 13.8. The number of unbranched alkanes of at least 4 members (excludes halogenated alkanes) is 48. The van der Waals surface area contributed by atoms with Crippen LogP contribution in [0.1, 0.15) is 401 Å². The van der Waals surface area contributed by atoms with Crippen LogP contribution in [0.15, 0.2) is 0 Å². The SMILES string of the molecule is CCCCCCCCCCCCCCCC(=O)NC(CO)(CO)CO[Si](CCC[N+](C)(CCCCCCCCCCC)CCCCCCCCCCC)(OCC(CO)(CO)NC(=O)CCCCCCCCCCCCC)OCC(CO)(CO)NC(=O)CCCCCCCCCCCCC. The molecule has 0 aliphatic rings. The number of hydrogen-bond acceptors (Lipinski definition) is 12. The summed E-state index contributed by atoms with van der Waals surface area (Å²) in [4.78, 5) is 41.7. The van der Waals surface area contributed by atoms with E-state index in [1.54, 1.807) is 0 Å². The van der Waals surface area contributed by atoms with Gasteiger partial charge >= 0.3 is 8.80 Å². The van der Waals surface area contributed by atoms with Gasteiger partial charge in [0.25, 0.3) is 0 Å². The third-order valence-electron chi connectivity index (χ3n) is 21.0. The van der Waals surface area contributed by atoms with Crippen molar-refractivity contribution in [1.29, 1.82) is 0 Å². The molecular weight excluding hydrogens is 1260 g/mol. The molecule has 0 fully saturated rings. The van der Waals surface area contributed by atoms with Gasteiger partial charge < -0.3 is 64.4 Å². The maximum atomic E-state index is 13.9. The van der Waals surface area contributed by atoms with E-state index in [2.05, 4.69) is 57.6 Å². The number of aliphatic hydroxyl groups is 6. The van der Waals surface area contributed by atoms with Crippen molar-refractivity contribution in [3.8, 4) is 0 Å². The number of hydrogen-bond donors (Lipinski definition) is 9. The second-order valence-corrected chi connectivity index (χ2v) is 33.8. The predicted molar refractivity (Wildman–Crippen MR) is 416 cm³/mol. The Morgan fingerprint density at radius 3 is 0.636 bits per heavy atom. The molecule has 0 atom stereocenters. The van der Waals surface area contributed by atoms with Crippen LogP contribution in [-0.4, -0.2) is 164 Å². The molecule has 16 nitrogen and oxygen atoms in total. The number of nitrogens with one attached hydrogen (secondary N) is 3. The van der Waals surface area contributed by atoms with Gasteiger partial charge in [0.2, 0.25) is 17.7 Å². The van der Waals surface area contributed by atoms with Gasteiger partial charge in [-0.15, -0.1) is 0 Å². The fraction of sp³-hybridized carbons (Fsp3) is 0.963. The van der Waals surface area contributed by atoms with E-state index in [0.29, 0.717) is 32.2 Å². The van der Waals surface area contributed by atoms with Crippen molar-refractivity contribution < 1.29 is 62.8 Å². The Morgan fingerprint density at radius 2 is 0.444 bits per heavy atom. The normalized spacial score (nSPS) is 12.5. The quantitative estimate of drug-likeness (QED) is 0.0157. The van der Waals surface area contributed by atoms with Gasteiger partial charge in [0.05, 0.1) is 86.1 Å². The summed E-state index contributed by atoms with van der Waals surface area (Å²) >= 11 is 0. The van der Waals surface area contributed by atoms with Gasteiger partial charge in [-0.25, -0.2) is 0 Å². The molecule has 0 unspecified atom stereocenters. The third kappa shape index (κ3) is 54.5. The molecule has 0 bridgehead atoms. The van der Waals surface area contributed by atoms with E-state index in [0.717, 1.165) is 101 Å². The summed E-state index contributed by atoms with van der Waals surface area (Å²) in [5.74, 6) is -1.04. The third-order valence-corrected chi connectivity index (χ3v) is 23.8. The summed E-state index contributed by atoms with van der Waals surface area (Å²) in [6, 6.07) is 0.134. The zero-order valence-corrected chi connectivity index (χ0v) is 67.1. The molecule has 0 rings (SSSR count). The maximum absolute atomic E-state index is 13.9. The van der Waals surface area contributed by atoms with Crippen LogP contribution in [0.4, 0.5) is 0 Å². The minimum Gasteiger partial charge on any atom is -0.394 e. The molecule has 0 spiro atoms. The van der Waals surface area contributed by atoms with Crippen LogP contribution in [0.5, 0.6) is 0 Å². The molecular formula is C82H167N4O12Si+. The van der Waals surface area contributed by atoms with E-state index < -0.39 is 84.9 Å². The molecule has 590 valence electrons. The summed E-state index contributed by atoms with van der Waals surface area (Å²) in [5, 5.41) is 76.2. The van der Waals surface area contributed by atoms with E-state index in [-0.39, 0.29) is 43.0 Å². The molecule has 3 amide bonds. The molecule has 0 aromatic carbocycles. The molecule has 0 aliphatic carbocycles. The predicted octanol–water partition coefficient (Wildman–Crippen LogP) is 18.3. The molecule has 0 saturated heterocycles. The average Bonchev–Trinajstić information content (AvgIpc) is 0.834. The van der Waals surface area contributed by atoms with E-state index in [9.17, 15) is 45.0 Å².